The maximum absolute atomic E-state index is 15.4. The van der Waals surface area contributed by atoms with Crippen molar-refractivity contribution in [2.75, 3.05) is 19.5 Å². The van der Waals surface area contributed by atoms with Crippen LogP contribution in [0.1, 0.15) is 71.2 Å². The Bertz CT molecular complexity index is 2630. The summed E-state index contributed by atoms with van der Waals surface area (Å²) in [4.78, 5) is 19.0. The van der Waals surface area contributed by atoms with Crippen LogP contribution in [-0.4, -0.2) is 59.9 Å². The number of hydrogen-bond donors (Lipinski definition) is 0. The standard InChI is InChI=1S/C41H36F7N5O3S/c1-39(20-56-21-39)11-10-26-8-9-28(29-6-5-7-30-33(19-57(3,4)55)50-52(2)36(29)30)35(49-26)23(12-22-13-24(42)16-25(43)14-22)15-27(54)18-53-38-34(37(51-53)41(46,47)48)31-17-32(31)40(38,44)45/h5-9,13-14,16,23,31-32H,3,12,15,17-21H2,1-2,4H3/t23-,31+,32-,57?/m1/s1. The predicted molar refractivity (Wildman–Crippen MR) is 199 cm³/mol. The Balaban J connectivity index is 1.26. The highest BCUT2D eigenvalue weighted by Crippen LogP contribution is 2.68. The number of halogens is 7. The Morgan fingerprint density at radius 2 is 1.81 bits per heavy atom. The molecule has 0 spiro atoms. The molecule has 57 heavy (non-hydrogen) atoms. The Labute approximate surface area is 323 Å². The molecule has 1 aliphatic heterocycles. The Morgan fingerprint density at radius 3 is 2.46 bits per heavy atom. The number of para-hydroxylation sites is 1. The third-order valence-electron chi connectivity index (χ3n) is 10.7. The maximum Gasteiger partial charge on any atom is 0.435 e. The van der Waals surface area contributed by atoms with Gasteiger partial charge in [-0.05, 0) is 76.8 Å². The molecule has 5 aromatic rings. The van der Waals surface area contributed by atoms with E-state index in [0.717, 1.165) is 12.1 Å². The number of alkyl halides is 5. The molecule has 16 heteroatoms. The first-order valence-corrected chi connectivity index (χ1v) is 20.4. The summed E-state index contributed by atoms with van der Waals surface area (Å²) in [6.45, 7) is 1.83. The zero-order valence-electron chi connectivity index (χ0n) is 31.0. The minimum Gasteiger partial charge on any atom is -0.378 e. The number of fused-ring (bicyclic) bond motifs is 4. The van der Waals surface area contributed by atoms with Crippen molar-refractivity contribution in [2.24, 2.45) is 18.4 Å². The second-order valence-corrected chi connectivity index (χ2v) is 18.4. The molecule has 8 nitrogen and oxygen atoms in total. The maximum atomic E-state index is 15.4. The Hall–Kier alpha value is -5.01. The molecule has 1 saturated heterocycles. The van der Waals surface area contributed by atoms with Crippen LogP contribution >= 0.6 is 0 Å². The fourth-order valence-corrected chi connectivity index (χ4v) is 8.97. The average Bonchev–Trinajstić information content (AvgIpc) is 3.64. The molecule has 3 aliphatic rings. The molecule has 8 rings (SSSR count). The summed E-state index contributed by atoms with van der Waals surface area (Å²) in [6.07, 6.45) is -4.27. The van der Waals surface area contributed by atoms with Gasteiger partial charge >= 0.3 is 6.18 Å². The zero-order chi connectivity index (χ0) is 40.8. The summed E-state index contributed by atoms with van der Waals surface area (Å²) < 4.78 is 122. The van der Waals surface area contributed by atoms with E-state index >= 15 is 8.78 Å². The second kappa shape index (κ2) is 13.5. The normalized spacial score (nSPS) is 20.5. The number of pyridine rings is 1. The molecule has 0 N–H and O–H groups in total. The number of ketones is 1. The van der Waals surface area contributed by atoms with Crippen LogP contribution in [0.5, 0.6) is 0 Å². The first kappa shape index (κ1) is 38.8. The van der Waals surface area contributed by atoms with Crippen molar-refractivity contribution < 1.29 is 44.5 Å². The number of nitrogens with zero attached hydrogens (tertiary/aromatic N) is 5. The van der Waals surface area contributed by atoms with Gasteiger partial charge in [-0.3, -0.25) is 18.4 Å². The minimum atomic E-state index is -5.02. The second-order valence-electron chi connectivity index (χ2n) is 15.8. The SMILES string of the molecule is C=S(C)(=O)Cc1nn(C)c2c(-c3ccc(C#CC4(C)COC4)nc3[C@@H](CC(=O)Cn3nc(C(F)(F)F)c4c3C(F)(F)[C@@H]3C[C@H]43)Cc3cc(F)cc(F)c3)cccc12. The van der Waals surface area contributed by atoms with Gasteiger partial charge < -0.3 is 4.74 Å². The van der Waals surface area contributed by atoms with Crippen molar-refractivity contribution in [3.05, 3.63) is 99.8 Å². The highest BCUT2D eigenvalue weighted by Gasteiger charge is 2.68. The number of ether oxygens (including phenoxy) is 1. The lowest BCUT2D eigenvalue weighted by Crippen LogP contribution is -2.38. The number of rotatable bonds is 10. The minimum absolute atomic E-state index is 0.0892. The molecule has 1 unspecified atom stereocenters. The van der Waals surface area contributed by atoms with Crippen LogP contribution in [-0.2, 0) is 56.9 Å². The third kappa shape index (κ3) is 7.36. The summed E-state index contributed by atoms with van der Waals surface area (Å²) in [7, 11) is -0.797. The van der Waals surface area contributed by atoms with Crippen molar-refractivity contribution in [2.45, 2.75) is 62.4 Å². The van der Waals surface area contributed by atoms with Crippen LogP contribution < -0.4 is 0 Å². The van der Waals surface area contributed by atoms with Crippen LogP contribution in [0, 0.1) is 34.8 Å². The van der Waals surface area contributed by atoms with E-state index in [1.165, 1.54) is 6.26 Å². The van der Waals surface area contributed by atoms with Gasteiger partial charge in [0.15, 0.2) is 11.5 Å². The van der Waals surface area contributed by atoms with Crippen LogP contribution in [0.3, 0.4) is 0 Å². The lowest BCUT2D eigenvalue weighted by atomic mass is 9.86. The van der Waals surface area contributed by atoms with Gasteiger partial charge in [-0.2, -0.15) is 32.1 Å². The smallest absolute Gasteiger partial charge is 0.378 e. The van der Waals surface area contributed by atoms with Gasteiger partial charge in [-0.25, -0.2) is 13.8 Å². The van der Waals surface area contributed by atoms with E-state index in [9.17, 15) is 31.0 Å². The number of Topliss-reactive ketones (excluding diaryl/α,β-unsaturated/α-hetero) is 1. The van der Waals surface area contributed by atoms with Crippen molar-refractivity contribution in [3.63, 3.8) is 0 Å². The molecule has 4 heterocycles. The monoisotopic (exact) mass is 811 g/mol. The largest absolute Gasteiger partial charge is 0.435 e. The number of carbonyl (C=O) groups excluding carboxylic acids is 1. The van der Waals surface area contributed by atoms with E-state index < -0.39 is 92.1 Å². The lowest BCUT2D eigenvalue weighted by Gasteiger charge is -2.32. The number of aryl methyl sites for hydroxylation is 1. The molecule has 2 aliphatic carbocycles. The van der Waals surface area contributed by atoms with Gasteiger partial charge in [0, 0.05) is 59.7 Å². The molecule has 3 aromatic heterocycles. The highest BCUT2D eigenvalue weighted by atomic mass is 32.2. The molecular formula is C41H36F7N5O3S. The van der Waals surface area contributed by atoms with Gasteiger partial charge in [0.05, 0.1) is 41.3 Å². The van der Waals surface area contributed by atoms with Gasteiger partial charge in [0.1, 0.15) is 29.6 Å². The topological polar surface area (TPSA) is 91.9 Å². The average molecular weight is 812 g/mol. The summed E-state index contributed by atoms with van der Waals surface area (Å²) in [5.41, 5.74) is -0.419. The summed E-state index contributed by atoms with van der Waals surface area (Å²) >= 11 is 0. The molecule has 0 bridgehead atoms. The molecule has 0 radical (unpaired) electrons. The van der Waals surface area contributed by atoms with Crippen LogP contribution in [0.4, 0.5) is 30.7 Å². The predicted octanol–water partition coefficient (Wildman–Crippen LogP) is 7.56. The molecule has 2 fully saturated rings. The number of carbonyl (C=O) groups is 1. The van der Waals surface area contributed by atoms with Crippen LogP contribution in [0.2, 0.25) is 0 Å². The molecule has 4 atom stereocenters. The van der Waals surface area contributed by atoms with E-state index in [1.807, 2.05) is 13.0 Å². The molecule has 298 valence electrons. The number of benzene rings is 2. The van der Waals surface area contributed by atoms with E-state index in [-0.39, 0.29) is 29.9 Å². The summed E-state index contributed by atoms with van der Waals surface area (Å²) in [6, 6.07) is 11.7. The van der Waals surface area contributed by atoms with Gasteiger partial charge in [-0.15, -0.1) is 0 Å². The van der Waals surface area contributed by atoms with Crippen molar-refractivity contribution in [1.82, 2.24) is 24.5 Å². The van der Waals surface area contributed by atoms with Crippen molar-refractivity contribution in [3.8, 4) is 23.0 Å². The number of aromatic nitrogens is 5. The first-order valence-electron chi connectivity index (χ1n) is 18.1. The first-order chi connectivity index (χ1) is 26.7. The lowest BCUT2D eigenvalue weighted by molar-refractivity contribution is -0.142. The third-order valence-corrected chi connectivity index (χ3v) is 11.6. The number of hydrogen-bond acceptors (Lipinski definition) is 6. The fraction of sp³-hybridized carbons (Fsp3) is 0.390. The van der Waals surface area contributed by atoms with E-state index in [2.05, 4.69) is 27.9 Å². The molecule has 1 saturated carbocycles. The zero-order valence-corrected chi connectivity index (χ0v) is 31.8. The Morgan fingerprint density at radius 1 is 1.09 bits per heavy atom. The molecule has 0 amide bonds. The summed E-state index contributed by atoms with van der Waals surface area (Å²) in [5, 5.41) is 8.83. The van der Waals surface area contributed by atoms with E-state index in [4.69, 9.17) is 9.72 Å². The van der Waals surface area contributed by atoms with Crippen LogP contribution in [0.25, 0.3) is 22.0 Å². The van der Waals surface area contributed by atoms with Gasteiger partial charge in [0.2, 0.25) is 0 Å². The summed E-state index contributed by atoms with van der Waals surface area (Å²) in [5.74, 6) is 0.674. The van der Waals surface area contributed by atoms with Gasteiger partial charge in [-0.1, -0.05) is 24.1 Å². The van der Waals surface area contributed by atoms with Crippen LogP contribution in [0.15, 0.2) is 48.5 Å². The van der Waals surface area contributed by atoms with Crippen molar-refractivity contribution >= 4 is 32.1 Å². The van der Waals surface area contributed by atoms with E-state index in [0.29, 0.717) is 57.4 Å². The van der Waals surface area contributed by atoms with Crippen molar-refractivity contribution in [1.29, 1.82) is 0 Å². The highest BCUT2D eigenvalue weighted by molar-refractivity contribution is 7.98. The fourth-order valence-electron chi connectivity index (χ4n) is 8.18. The quantitative estimate of drug-likeness (QED) is 0.0822. The molecular weight excluding hydrogens is 776 g/mol. The van der Waals surface area contributed by atoms with E-state index in [1.54, 1.807) is 36.0 Å². The Kier molecular flexibility index (Phi) is 9.23. The molecule has 2 aromatic carbocycles. The van der Waals surface area contributed by atoms with Gasteiger partial charge in [0.25, 0.3) is 5.92 Å².